The van der Waals surface area contributed by atoms with Crippen molar-refractivity contribution in [3.05, 3.63) is 33.9 Å². The van der Waals surface area contributed by atoms with E-state index in [-0.39, 0.29) is 0 Å². The topological polar surface area (TPSA) is 98.3 Å². The second-order valence-electron chi connectivity index (χ2n) is 5.21. The van der Waals surface area contributed by atoms with Crippen LogP contribution in [0.2, 0.25) is 0 Å². The lowest BCUT2D eigenvalue weighted by Crippen LogP contribution is -2.52. The number of carbonyl (C=O) groups is 1. The van der Waals surface area contributed by atoms with E-state index in [9.17, 15) is 23.7 Å². The SMILES string of the molecule is NC1(C(=O)Nc2c(F)cc(F)cc2[N+](=O)[O-])CCCCC1. The maximum Gasteiger partial charge on any atom is 0.298 e. The van der Waals surface area contributed by atoms with Gasteiger partial charge >= 0.3 is 0 Å². The number of amides is 1. The minimum absolute atomic E-state index is 0.426. The highest BCUT2D eigenvalue weighted by molar-refractivity contribution is 5.99. The molecule has 2 rings (SSSR count). The summed E-state index contributed by atoms with van der Waals surface area (Å²) in [6.45, 7) is 0. The molecule has 1 aromatic rings. The van der Waals surface area contributed by atoms with Crippen LogP contribution in [0.3, 0.4) is 0 Å². The standard InChI is InChI=1S/C13H15F2N3O3/c14-8-6-9(15)11(10(7-8)18(20)21)17-12(19)13(16)4-2-1-3-5-13/h6-7H,1-5,16H2,(H,17,19). The summed E-state index contributed by atoms with van der Waals surface area (Å²) in [5.41, 5.74) is 3.32. The highest BCUT2D eigenvalue weighted by atomic mass is 19.1. The lowest BCUT2D eigenvalue weighted by atomic mass is 9.82. The monoisotopic (exact) mass is 299 g/mol. The number of benzene rings is 1. The van der Waals surface area contributed by atoms with Crippen molar-refractivity contribution in [1.82, 2.24) is 0 Å². The number of nitrogens with one attached hydrogen (secondary N) is 1. The Labute approximate surface area is 119 Å². The number of hydrogen-bond acceptors (Lipinski definition) is 4. The fourth-order valence-corrected chi connectivity index (χ4v) is 2.48. The maximum atomic E-state index is 13.7. The predicted molar refractivity (Wildman–Crippen MR) is 71.6 cm³/mol. The molecule has 3 N–H and O–H groups in total. The van der Waals surface area contributed by atoms with E-state index in [0.717, 1.165) is 19.3 Å². The van der Waals surface area contributed by atoms with Gasteiger partial charge in [-0.25, -0.2) is 8.78 Å². The first kappa shape index (κ1) is 15.3. The first-order valence-corrected chi connectivity index (χ1v) is 6.57. The van der Waals surface area contributed by atoms with Crippen molar-refractivity contribution in [1.29, 1.82) is 0 Å². The van der Waals surface area contributed by atoms with Crippen molar-refractivity contribution in [2.24, 2.45) is 5.73 Å². The number of anilines is 1. The third-order valence-electron chi connectivity index (χ3n) is 3.67. The zero-order valence-corrected chi connectivity index (χ0v) is 11.2. The van der Waals surface area contributed by atoms with Crippen LogP contribution in [-0.2, 0) is 4.79 Å². The summed E-state index contributed by atoms with van der Waals surface area (Å²) in [5, 5.41) is 13.0. The molecule has 1 fully saturated rings. The van der Waals surface area contributed by atoms with Gasteiger partial charge in [-0.2, -0.15) is 0 Å². The Balaban J connectivity index is 2.30. The zero-order chi connectivity index (χ0) is 15.6. The molecule has 1 aliphatic carbocycles. The molecule has 0 aliphatic heterocycles. The summed E-state index contributed by atoms with van der Waals surface area (Å²) in [4.78, 5) is 22.1. The van der Waals surface area contributed by atoms with Gasteiger partial charge in [0, 0.05) is 6.07 Å². The van der Waals surface area contributed by atoms with Crippen LogP contribution in [0, 0.1) is 21.7 Å². The highest BCUT2D eigenvalue weighted by Crippen LogP contribution is 2.32. The number of nitrogens with two attached hydrogens (primary N) is 1. The first-order valence-electron chi connectivity index (χ1n) is 6.57. The Morgan fingerprint density at radius 2 is 1.90 bits per heavy atom. The Morgan fingerprint density at radius 1 is 1.29 bits per heavy atom. The summed E-state index contributed by atoms with van der Waals surface area (Å²) in [5.74, 6) is -2.97. The van der Waals surface area contributed by atoms with Crippen molar-refractivity contribution in [3.63, 3.8) is 0 Å². The average molecular weight is 299 g/mol. The minimum Gasteiger partial charge on any atom is -0.317 e. The van der Waals surface area contributed by atoms with Crippen LogP contribution in [0.1, 0.15) is 32.1 Å². The van der Waals surface area contributed by atoms with Gasteiger partial charge in [0.1, 0.15) is 5.82 Å². The molecule has 0 aromatic heterocycles. The van der Waals surface area contributed by atoms with Crippen molar-refractivity contribution < 1.29 is 18.5 Å². The van der Waals surface area contributed by atoms with Gasteiger partial charge in [-0.05, 0) is 12.8 Å². The van der Waals surface area contributed by atoms with Crippen LogP contribution in [0.4, 0.5) is 20.2 Å². The molecule has 1 aliphatic rings. The second kappa shape index (κ2) is 5.72. The zero-order valence-electron chi connectivity index (χ0n) is 11.2. The molecule has 1 amide bonds. The van der Waals surface area contributed by atoms with E-state index in [0.29, 0.717) is 25.0 Å². The summed E-state index contributed by atoms with van der Waals surface area (Å²) in [6, 6.07) is 1.04. The highest BCUT2D eigenvalue weighted by Gasteiger charge is 2.37. The summed E-state index contributed by atoms with van der Waals surface area (Å²) in [7, 11) is 0. The van der Waals surface area contributed by atoms with Gasteiger partial charge in [-0.3, -0.25) is 14.9 Å². The van der Waals surface area contributed by atoms with Gasteiger partial charge in [0.25, 0.3) is 5.69 Å². The molecule has 21 heavy (non-hydrogen) atoms. The first-order chi connectivity index (χ1) is 9.83. The average Bonchev–Trinajstić information content (AvgIpc) is 2.41. The minimum atomic E-state index is -1.20. The molecule has 0 heterocycles. The molecule has 0 spiro atoms. The lowest BCUT2D eigenvalue weighted by molar-refractivity contribution is -0.384. The van der Waals surface area contributed by atoms with Crippen LogP contribution in [-0.4, -0.2) is 16.4 Å². The van der Waals surface area contributed by atoms with Crippen LogP contribution in [0.15, 0.2) is 12.1 Å². The fourth-order valence-electron chi connectivity index (χ4n) is 2.48. The van der Waals surface area contributed by atoms with E-state index in [1.807, 2.05) is 0 Å². The number of halogens is 2. The van der Waals surface area contributed by atoms with Gasteiger partial charge in [0.05, 0.1) is 16.5 Å². The van der Waals surface area contributed by atoms with Crippen molar-refractivity contribution in [3.8, 4) is 0 Å². The van der Waals surface area contributed by atoms with Gasteiger partial charge in [0.2, 0.25) is 5.91 Å². The number of nitro benzene ring substituents is 1. The van der Waals surface area contributed by atoms with Crippen LogP contribution < -0.4 is 11.1 Å². The largest absolute Gasteiger partial charge is 0.317 e. The lowest BCUT2D eigenvalue weighted by Gasteiger charge is -2.31. The van der Waals surface area contributed by atoms with Crippen LogP contribution in [0.5, 0.6) is 0 Å². The van der Waals surface area contributed by atoms with Gasteiger partial charge in [-0.1, -0.05) is 19.3 Å². The molecular formula is C13H15F2N3O3. The van der Waals surface area contributed by atoms with E-state index in [1.165, 1.54) is 0 Å². The molecule has 0 saturated heterocycles. The summed E-state index contributed by atoms with van der Waals surface area (Å²) < 4.78 is 26.8. The van der Waals surface area contributed by atoms with E-state index < -0.39 is 39.4 Å². The molecule has 6 nitrogen and oxygen atoms in total. The van der Waals surface area contributed by atoms with Crippen molar-refractivity contribution in [2.75, 3.05) is 5.32 Å². The Morgan fingerprint density at radius 3 is 2.48 bits per heavy atom. The molecule has 8 heteroatoms. The number of nitro groups is 1. The number of carbonyl (C=O) groups excluding carboxylic acids is 1. The smallest absolute Gasteiger partial charge is 0.298 e. The third kappa shape index (κ3) is 3.15. The van der Waals surface area contributed by atoms with Gasteiger partial charge in [-0.15, -0.1) is 0 Å². The summed E-state index contributed by atoms with van der Waals surface area (Å²) >= 11 is 0. The fraction of sp³-hybridized carbons (Fsp3) is 0.462. The van der Waals surface area contributed by atoms with Gasteiger partial charge < -0.3 is 11.1 Å². The quantitative estimate of drug-likeness (QED) is 0.661. The Bertz CT molecular complexity index is 586. The Kier molecular flexibility index (Phi) is 4.17. The molecular weight excluding hydrogens is 284 g/mol. The summed E-state index contributed by atoms with van der Waals surface area (Å²) in [6.07, 6.45) is 3.33. The van der Waals surface area contributed by atoms with Gasteiger partial charge in [0.15, 0.2) is 11.5 Å². The van der Waals surface area contributed by atoms with Crippen LogP contribution in [0.25, 0.3) is 0 Å². The Hall–Kier alpha value is -2.09. The second-order valence-corrected chi connectivity index (χ2v) is 5.21. The predicted octanol–water partition coefficient (Wildman–Crippen LogP) is 2.47. The maximum absolute atomic E-state index is 13.7. The molecule has 0 atom stereocenters. The molecule has 1 saturated carbocycles. The number of nitrogens with zero attached hydrogens (tertiary/aromatic N) is 1. The number of rotatable bonds is 3. The molecule has 0 radical (unpaired) electrons. The molecule has 1 aromatic carbocycles. The number of hydrogen-bond donors (Lipinski definition) is 2. The van der Waals surface area contributed by atoms with Crippen molar-refractivity contribution in [2.45, 2.75) is 37.6 Å². The molecule has 0 unspecified atom stereocenters. The molecule has 0 bridgehead atoms. The van der Waals surface area contributed by atoms with E-state index in [1.54, 1.807) is 0 Å². The van der Waals surface area contributed by atoms with E-state index in [4.69, 9.17) is 5.73 Å². The molecule has 114 valence electrons. The van der Waals surface area contributed by atoms with Crippen LogP contribution >= 0.6 is 0 Å². The third-order valence-corrected chi connectivity index (χ3v) is 3.67. The van der Waals surface area contributed by atoms with E-state index >= 15 is 0 Å². The van der Waals surface area contributed by atoms with E-state index in [2.05, 4.69) is 5.32 Å². The van der Waals surface area contributed by atoms with Crippen molar-refractivity contribution >= 4 is 17.3 Å². The normalized spacial score (nSPS) is 17.3.